The Bertz CT molecular complexity index is 10700. The Balaban J connectivity index is 0.0000000972. The third-order valence-electron chi connectivity index (χ3n) is 28.8. The average Bonchev–Trinajstić information content (AvgIpc) is 1.51. The minimum absolute atomic E-state index is 0.585. The van der Waals surface area contributed by atoms with Crippen LogP contribution < -0.4 is 14.7 Å². The first-order valence-electron chi connectivity index (χ1n) is 47.3. The molecule has 0 saturated carbocycles. The molecule has 15 nitrogen and oxygen atoms in total. The second-order valence-electron chi connectivity index (χ2n) is 36.4. The van der Waals surface area contributed by atoms with Crippen molar-refractivity contribution in [2.45, 2.75) is 0 Å². The van der Waals surface area contributed by atoms with Crippen molar-refractivity contribution in [1.29, 1.82) is 0 Å². The number of furan rings is 6. The fourth-order valence-electron chi connectivity index (χ4n) is 22.7. The van der Waals surface area contributed by atoms with E-state index in [-0.39, 0.29) is 0 Å². The molecule has 0 N–H and O–H groups in total. The lowest BCUT2D eigenvalue weighted by molar-refractivity contribution is 0.666. The van der Waals surface area contributed by atoms with Crippen LogP contribution >= 0.6 is 0 Å². The van der Waals surface area contributed by atoms with Gasteiger partial charge >= 0.3 is 0 Å². The van der Waals surface area contributed by atoms with Crippen LogP contribution in [-0.2, 0) is 0 Å². The Morgan fingerprint density at radius 1 is 0.163 bits per heavy atom. The van der Waals surface area contributed by atoms with Gasteiger partial charge in [0.05, 0.1) is 34.1 Å². The number of aromatic nitrogens is 6. The smallest absolute Gasteiger partial charge is 0.236 e. The van der Waals surface area contributed by atoms with Gasteiger partial charge in [-0.3, -0.25) is 14.7 Å². The van der Waals surface area contributed by atoms with Gasteiger partial charge in [-0.1, -0.05) is 291 Å². The molecular weight excluding hydrogens is 1740 g/mol. The van der Waals surface area contributed by atoms with Crippen LogP contribution in [0.25, 0.3) is 264 Å². The predicted molar refractivity (Wildman–Crippen MR) is 572 cm³/mol. The molecule has 15 heteroatoms. The first-order chi connectivity index (χ1) is 69.9. The van der Waals surface area contributed by atoms with Gasteiger partial charge in [-0.05, 0) is 193 Å². The third kappa shape index (κ3) is 11.4. The van der Waals surface area contributed by atoms with Gasteiger partial charge in [0.1, 0.15) is 83.9 Å². The number of benzene rings is 21. The Morgan fingerprint density at radius 2 is 0.461 bits per heavy atom. The molecule has 0 fully saturated rings. The number of anilines is 9. The van der Waals surface area contributed by atoms with Gasteiger partial charge in [0, 0.05) is 98.0 Å². The van der Waals surface area contributed by atoms with Crippen LogP contribution in [-0.4, -0.2) is 29.9 Å². The molecule has 3 aliphatic heterocycles. The van der Waals surface area contributed by atoms with Gasteiger partial charge in [0.2, 0.25) is 17.8 Å². The third-order valence-corrected chi connectivity index (χ3v) is 28.8. The Labute approximate surface area is 800 Å². The molecule has 0 spiro atoms. The van der Waals surface area contributed by atoms with E-state index in [4.69, 9.17) is 56.4 Å². The van der Waals surface area contributed by atoms with Gasteiger partial charge in [-0.25, -0.2) is 29.9 Å². The molecule has 0 saturated heterocycles. The predicted octanol–water partition coefficient (Wildman–Crippen LogP) is 35.1. The summed E-state index contributed by atoms with van der Waals surface area (Å²) in [5, 5.41) is 23.4. The molecule has 0 aliphatic carbocycles. The molecule has 0 unspecified atom stereocenters. The minimum atomic E-state index is 0.585. The summed E-state index contributed by atoms with van der Waals surface area (Å²) >= 11 is 0. The number of hydrogen-bond acceptors (Lipinski definition) is 15. The van der Waals surface area contributed by atoms with Crippen LogP contribution in [0.4, 0.5) is 52.0 Å². The van der Waals surface area contributed by atoms with Crippen LogP contribution in [0.2, 0.25) is 0 Å². The average molecular weight is 1800 g/mol. The fraction of sp³-hybridized carbons (Fsp3) is 0. The van der Waals surface area contributed by atoms with E-state index in [1.54, 1.807) is 0 Å². The number of fused-ring (bicyclic) bond motifs is 30. The molecule has 0 bridgehead atoms. The molecule has 21 aromatic carbocycles. The molecule has 12 heterocycles. The normalized spacial score (nSPS) is 12.6. The van der Waals surface area contributed by atoms with Gasteiger partial charge < -0.3 is 26.5 Å². The monoisotopic (exact) mass is 1800 g/mol. The molecule has 30 aromatic rings. The van der Waals surface area contributed by atoms with Crippen LogP contribution in [0.3, 0.4) is 0 Å². The van der Waals surface area contributed by atoms with Crippen molar-refractivity contribution in [2.24, 2.45) is 0 Å². The molecule has 141 heavy (non-hydrogen) atoms. The SMILES string of the molecule is c1ccc2c3c(ccc2c1)N(c1nc(-c2ccc4c(c2)oc2ccccc24)c2oc4ccccc4c2n1)c1cccc2cccc-3c12.c1ccc2c3c(ccc2c1)N(c1nc(-c2ccc4oc5ccccc5c4c2)c2oc4ccccc4c2n1)c1cccc2cccc-3c12.c1ccc2c3c(ccc2c1)N(c1nc(-c2cccc4oc5ccccc5c24)c2oc4ccccc4c2n1)c1cccc2cccc-3c12. The maximum atomic E-state index is 6.58. The van der Waals surface area contributed by atoms with Gasteiger partial charge in [-0.15, -0.1) is 0 Å². The van der Waals surface area contributed by atoms with E-state index in [0.717, 1.165) is 183 Å². The highest BCUT2D eigenvalue weighted by Gasteiger charge is 2.37. The minimum Gasteiger partial charge on any atom is -0.456 e. The van der Waals surface area contributed by atoms with E-state index in [0.29, 0.717) is 34.6 Å². The van der Waals surface area contributed by atoms with E-state index in [9.17, 15) is 0 Å². The summed E-state index contributed by atoms with van der Waals surface area (Å²) in [6.07, 6.45) is 0. The largest absolute Gasteiger partial charge is 0.456 e. The quantitative estimate of drug-likeness (QED) is 0.154. The summed E-state index contributed by atoms with van der Waals surface area (Å²) in [5.74, 6) is 1.76. The van der Waals surface area contributed by atoms with E-state index < -0.39 is 0 Å². The van der Waals surface area contributed by atoms with Crippen molar-refractivity contribution in [3.63, 3.8) is 0 Å². The molecule has 0 radical (unpaired) electrons. The maximum Gasteiger partial charge on any atom is 0.236 e. The molecule has 0 atom stereocenters. The zero-order valence-corrected chi connectivity index (χ0v) is 74.8. The van der Waals surface area contributed by atoms with Crippen LogP contribution in [0, 0.1) is 0 Å². The standard InChI is InChI=1S/3C42H23N3O2/c1-2-13-26-24(10-1)22-23-32-37(26)29-16-7-11-25-12-8-18-31(36(25)29)45(32)42-43-39-28-15-4-6-20-34(28)47-41(39)40(44-42)30-17-9-21-35-38(30)27-14-3-5-19-33(27)46-35;1-2-12-27-24(9-1)20-22-33-38(27)31-15-7-10-25-11-8-16-32(37(25)31)45(33)42-43-39(41-40(44-42)30-14-4-6-18-35(30)47-41)26-19-21-29-28-13-3-5-17-34(28)46-36(29)23-26;1-2-12-27-24(9-1)19-21-33-38(27)30-15-7-10-25-11-8-16-32(37(25)30)45(33)42-43-39(41-40(44-42)29-14-4-6-18-35(29)47-41)26-20-22-36-31(23-26)28-13-3-5-17-34(28)46-36/h3*1-23H. The summed E-state index contributed by atoms with van der Waals surface area (Å²) in [5.41, 5.74) is 30.1. The highest BCUT2D eigenvalue weighted by molar-refractivity contribution is 6.25. The van der Waals surface area contributed by atoms with E-state index in [1.165, 1.54) is 98.0 Å². The summed E-state index contributed by atoms with van der Waals surface area (Å²) < 4.78 is 38.4. The lowest BCUT2D eigenvalue weighted by atomic mass is 9.88. The molecular formula is C126H69N9O6. The first-order valence-corrected chi connectivity index (χ1v) is 47.3. The Kier molecular flexibility index (Phi) is 16.1. The maximum absolute atomic E-state index is 6.58. The van der Waals surface area contributed by atoms with Crippen LogP contribution in [0.1, 0.15) is 0 Å². The topological polar surface area (TPSA) is 166 Å². The number of hydrogen-bond donors (Lipinski definition) is 0. The van der Waals surface area contributed by atoms with Gasteiger partial charge in [-0.2, -0.15) is 0 Å². The zero-order chi connectivity index (χ0) is 91.9. The van der Waals surface area contributed by atoms with E-state index in [1.807, 2.05) is 127 Å². The van der Waals surface area contributed by atoms with Gasteiger partial charge in [0.15, 0.2) is 16.7 Å². The summed E-state index contributed by atoms with van der Waals surface area (Å²) in [4.78, 5) is 38.9. The highest BCUT2D eigenvalue weighted by Crippen LogP contribution is 2.59. The molecule has 9 aromatic heterocycles. The lowest BCUT2D eigenvalue weighted by Crippen LogP contribution is -2.18. The Hall–Kier alpha value is -19.4. The number of nitrogens with zero attached hydrogens (tertiary/aromatic N) is 9. The van der Waals surface area contributed by atoms with Crippen molar-refractivity contribution in [3.8, 4) is 67.2 Å². The fourth-order valence-corrected chi connectivity index (χ4v) is 22.7. The summed E-state index contributed by atoms with van der Waals surface area (Å²) in [7, 11) is 0. The second-order valence-corrected chi connectivity index (χ2v) is 36.4. The Morgan fingerprint density at radius 3 is 0.908 bits per heavy atom. The van der Waals surface area contributed by atoms with Crippen molar-refractivity contribution in [1.82, 2.24) is 29.9 Å². The summed E-state index contributed by atoms with van der Waals surface area (Å²) in [6.45, 7) is 0. The second kappa shape index (κ2) is 29.6. The van der Waals surface area contributed by atoms with Gasteiger partial charge in [0.25, 0.3) is 0 Å². The summed E-state index contributed by atoms with van der Waals surface area (Å²) in [6, 6.07) is 145. The molecule has 654 valence electrons. The van der Waals surface area contributed by atoms with Crippen molar-refractivity contribution >= 4 is 249 Å². The van der Waals surface area contributed by atoms with Crippen molar-refractivity contribution in [2.75, 3.05) is 14.7 Å². The first kappa shape index (κ1) is 77.0. The van der Waals surface area contributed by atoms with Crippen LogP contribution in [0.15, 0.2) is 445 Å². The zero-order valence-electron chi connectivity index (χ0n) is 74.8. The van der Waals surface area contributed by atoms with Crippen LogP contribution in [0.5, 0.6) is 0 Å². The lowest BCUT2D eigenvalue weighted by Gasteiger charge is -2.32. The van der Waals surface area contributed by atoms with E-state index in [2.05, 4.69) is 306 Å². The van der Waals surface area contributed by atoms with E-state index >= 15 is 0 Å². The molecule has 0 amide bonds. The van der Waals surface area contributed by atoms with Crippen molar-refractivity contribution < 1.29 is 26.5 Å². The number of rotatable bonds is 6. The molecule has 3 aliphatic rings. The number of para-hydroxylation sites is 6. The molecule has 33 rings (SSSR count). The highest BCUT2D eigenvalue weighted by atomic mass is 16.4. The van der Waals surface area contributed by atoms with Crippen molar-refractivity contribution in [3.05, 3.63) is 419 Å².